The lowest BCUT2D eigenvalue weighted by Gasteiger charge is -2.21. The van der Waals surface area contributed by atoms with E-state index in [-0.39, 0.29) is 11.4 Å². The summed E-state index contributed by atoms with van der Waals surface area (Å²) in [4.78, 5) is 11.6. The monoisotopic (exact) mass is 404 g/mol. The van der Waals surface area contributed by atoms with Crippen LogP contribution in [0, 0.1) is 0 Å². The third-order valence-electron chi connectivity index (χ3n) is 3.97. The van der Waals surface area contributed by atoms with E-state index in [1.165, 1.54) is 17.6 Å². The lowest BCUT2D eigenvalue weighted by atomic mass is 10.2. The van der Waals surface area contributed by atoms with E-state index < -0.39 is 22.5 Å². The first-order chi connectivity index (χ1) is 13.5. The summed E-state index contributed by atoms with van der Waals surface area (Å²) in [6, 6.07) is 15.1. The zero-order valence-corrected chi connectivity index (χ0v) is 16.5. The van der Waals surface area contributed by atoms with Crippen molar-refractivity contribution in [2.75, 3.05) is 13.1 Å². The first kappa shape index (κ1) is 21.7. The molecule has 0 heterocycles. The molecule has 2 rings (SSSR count). The summed E-state index contributed by atoms with van der Waals surface area (Å²) >= 11 is 0. The molecule has 0 fully saturated rings. The van der Waals surface area contributed by atoms with Crippen LogP contribution in [0.4, 0.5) is 11.4 Å². The van der Waals surface area contributed by atoms with E-state index in [0.29, 0.717) is 17.8 Å². The fraction of sp³-hybridized carbons (Fsp3) is 0.316. The predicted molar refractivity (Wildman–Crippen MR) is 105 cm³/mol. The van der Waals surface area contributed by atoms with Crippen LogP contribution >= 0.6 is 0 Å². The van der Waals surface area contributed by atoms with E-state index in [0.717, 1.165) is 17.1 Å². The largest absolute Gasteiger partial charge is 0.289 e. The fourth-order valence-electron chi connectivity index (χ4n) is 2.46. The van der Waals surface area contributed by atoms with Gasteiger partial charge in [-0.1, -0.05) is 38.0 Å². The summed E-state index contributed by atoms with van der Waals surface area (Å²) in [7, 11) is -3.88. The Morgan fingerprint density at radius 3 is 2.18 bits per heavy atom. The Kier molecular flexibility index (Phi) is 8.24. The van der Waals surface area contributed by atoms with E-state index in [1.807, 2.05) is 37.3 Å². The number of hydroxylamine groups is 1. The maximum atomic E-state index is 12.9. The molecule has 1 amide bonds. The summed E-state index contributed by atoms with van der Waals surface area (Å²) in [5, 5.41) is 16.9. The number of benzene rings is 2. The van der Waals surface area contributed by atoms with Crippen LogP contribution in [0.5, 0.6) is 0 Å². The summed E-state index contributed by atoms with van der Waals surface area (Å²) in [5.41, 5.74) is 2.68. The zero-order valence-electron chi connectivity index (χ0n) is 15.7. The van der Waals surface area contributed by atoms with Gasteiger partial charge in [0.2, 0.25) is 10.0 Å². The van der Waals surface area contributed by atoms with Crippen LogP contribution in [-0.2, 0) is 14.8 Å². The predicted octanol–water partition coefficient (Wildman–Crippen LogP) is 3.79. The number of hydrogen-bond acceptors (Lipinski definition) is 6. The maximum Gasteiger partial charge on any atom is 0.258 e. The van der Waals surface area contributed by atoms with Crippen molar-refractivity contribution in [3.63, 3.8) is 0 Å². The van der Waals surface area contributed by atoms with Crippen molar-refractivity contribution >= 4 is 27.3 Å². The summed E-state index contributed by atoms with van der Waals surface area (Å²) in [5.74, 6) is -0.784. The third kappa shape index (κ3) is 6.22. The van der Waals surface area contributed by atoms with E-state index in [2.05, 4.69) is 10.2 Å². The van der Waals surface area contributed by atoms with Crippen LogP contribution in [0.2, 0.25) is 0 Å². The number of unbranched alkanes of at least 4 members (excludes halogenated alkanes) is 2. The minimum Gasteiger partial charge on any atom is -0.289 e. The maximum absolute atomic E-state index is 12.9. The zero-order chi connectivity index (χ0) is 20.4. The summed E-state index contributed by atoms with van der Waals surface area (Å²) in [6.07, 6.45) is 2.38. The van der Waals surface area contributed by atoms with Crippen molar-refractivity contribution in [2.24, 2.45) is 10.2 Å². The van der Waals surface area contributed by atoms with Gasteiger partial charge in [-0.05, 0) is 42.8 Å². The number of sulfonamides is 1. The first-order valence-electron chi connectivity index (χ1n) is 8.97. The molecule has 8 nitrogen and oxygen atoms in total. The van der Waals surface area contributed by atoms with Gasteiger partial charge in [0.05, 0.1) is 22.8 Å². The molecule has 0 bridgehead atoms. The highest BCUT2D eigenvalue weighted by molar-refractivity contribution is 7.89. The fourth-order valence-corrected chi connectivity index (χ4v) is 3.90. The second-order valence-corrected chi connectivity index (χ2v) is 8.05. The van der Waals surface area contributed by atoms with Crippen molar-refractivity contribution in [3.8, 4) is 0 Å². The molecule has 0 unspecified atom stereocenters. The Morgan fingerprint density at radius 2 is 1.61 bits per heavy atom. The standard InChI is InChI=1S/C19H24N4O4S/c1-2-3-7-14-23(15-19(24)22-25)28(26,27)18-12-10-17(11-13-18)21-20-16-8-5-4-6-9-16/h4-6,8-13,25H,2-3,7,14-15H2,1H3,(H,22,24). The molecular weight excluding hydrogens is 380 g/mol. The quantitative estimate of drug-likeness (QED) is 0.271. The first-order valence-corrected chi connectivity index (χ1v) is 10.4. The molecule has 0 saturated heterocycles. The summed E-state index contributed by atoms with van der Waals surface area (Å²) < 4.78 is 26.8. The second-order valence-electron chi connectivity index (χ2n) is 6.11. The molecule has 0 aromatic heterocycles. The molecular formula is C19H24N4O4S. The molecule has 2 aromatic carbocycles. The average molecular weight is 404 g/mol. The summed E-state index contributed by atoms with van der Waals surface area (Å²) in [6.45, 7) is 1.75. The second kappa shape index (κ2) is 10.6. The number of azo groups is 1. The Bertz CT molecular complexity index is 884. The molecule has 28 heavy (non-hydrogen) atoms. The molecule has 0 radical (unpaired) electrons. The van der Waals surface area contributed by atoms with E-state index in [4.69, 9.17) is 5.21 Å². The number of nitrogens with zero attached hydrogens (tertiary/aromatic N) is 3. The lowest BCUT2D eigenvalue weighted by molar-refractivity contribution is -0.129. The molecule has 0 aliphatic rings. The normalized spacial score (nSPS) is 11.8. The number of carbonyl (C=O) groups is 1. The molecule has 0 saturated carbocycles. The molecule has 2 N–H and O–H groups in total. The minimum absolute atomic E-state index is 0.0494. The third-order valence-corrected chi connectivity index (χ3v) is 5.83. The van der Waals surface area contributed by atoms with Crippen molar-refractivity contribution in [1.82, 2.24) is 9.79 Å². The molecule has 150 valence electrons. The van der Waals surface area contributed by atoms with Crippen molar-refractivity contribution in [1.29, 1.82) is 0 Å². The van der Waals surface area contributed by atoms with Gasteiger partial charge < -0.3 is 0 Å². The van der Waals surface area contributed by atoms with Crippen LogP contribution in [0.3, 0.4) is 0 Å². The van der Waals surface area contributed by atoms with Crippen molar-refractivity contribution in [2.45, 2.75) is 31.1 Å². The molecule has 0 aliphatic heterocycles. The highest BCUT2D eigenvalue weighted by atomic mass is 32.2. The van der Waals surface area contributed by atoms with Gasteiger partial charge in [0, 0.05) is 6.54 Å². The van der Waals surface area contributed by atoms with Crippen LogP contribution in [0.1, 0.15) is 26.2 Å². The van der Waals surface area contributed by atoms with Gasteiger partial charge in [-0.2, -0.15) is 14.5 Å². The Balaban J connectivity index is 2.17. The number of amides is 1. The van der Waals surface area contributed by atoms with E-state index in [9.17, 15) is 13.2 Å². The molecule has 9 heteroatoms. The van der Waals surface area contributed by atoms with Crippen LogP contribution in [0.25, 0.3) is 0 Å². The SMILES string of the molecule is CCCCCN(CC(=O)NO)S(=O)(=O)c1ccc(N=Nc2ccccc2)cc1. The van der Waals surface area contributed by atoms with Gasteiger partial charge in [-0.25, -0.2) is 13.9 Å². The Morgan fingerprint density at radius 1 is 1.00 bits per heavy atom. The molecule has 0 aliphatic carbocycles. The van der Waals surface area contributed by atoms with Gasteiger partial charge in [0.25, 0.3) is 5.91 Å². The van der Waals surface area contributed by atoms with Gasteiger partial charge in [-0.3, -0.25) is 10.0 Å². The molecule has 0 atom stereocenters. The highest BCUT2D eigenvalue weighted by Crippen LogP contribution is 2.22. The van der Waals surface area contributed by atoms with Crippen LogP contribution < -0.4 is 5.48 Å². The van der Waals surface area contributed by atoms with Crippen LogP contribution in [0.15, 0.2) is 69.7 Å². The number of carbonyl (C=O) groups excluding carboxylic acids is 1. The minimum atomic E-state index is -3.88. The number of nitrogens with one attached hydrogen (secondary N) is 1. The van der Waals surface area contributed by atoms with Gasteiger partial charge in [0.1, 0.15) is 0 Å². The Hall–Kier alpha value is -2.62. The Labute approximate surface area is 164 Å². The van der Waals surface area contributed by atoms with Gasteiger partial charge in [-0.15, -0.1) is 0 Å². The van der Waals surface area contributed by atoms with E-state index >= 15 is 0 Å². The number of hydrogen-bond donors (Lipinski definition) is 2. The highest BCUT2D eigenvalue weighted by Gasteiger charge is 2.26. The average Bonchev–Trinajstić information content (AvgIpc) is 2.72. The van der Waals surface area contributed by atoms with Crippen LogP contribution in [-0.4, -0.2) is 36.9 Å². The topological polar surface area (TPSA) is 111 Å². The van der Waals surface area contributed by atoms with Crippen molar-refractivity contribution < 1.29 is 18.4 Å². The van der Waals surface area contributed by atoms with Gasteiger partial charge >= 0.3 is 0 Å². The number of rotatable bonds is 10. The van der Waals surface area contributed by atoms with Gasteiger partial charge in [0.15, 0.2) is 0 Å². The van der Waals surface area contributed by atoms with Crippen molar-refractivity contribution in [3.05, 3.63) is 54.6 Å². The van der Waals surface area contributed by atoms with E-state index in [1.54, 1.807) is 12.1 Å². The lowest BCUT2D eigenvalue weighted by Crippen LogP contribution is -2.40. The molecule has 2 aromatic rings. The molecule has 0 spiro atoms. The smallest absolute Gasteiger partial charge is 0.258 e.